The van der Waals surface area contributed by atoms with Crippen molar-refractivity contribution in [3.05, 3.63) is 40.7 Å². The quantitative estimate of drug-likeness (QED) is 0.692. The fourth-order valence-electron chi connectivity index (χ4n) is 1.60. The highest BCUT2D eigenvalue weighted by molar-refractivity contribution is 7.92. The average Bonchev–Trinajstić information content (AvgIpc) is 2.43. The number of anilines is 2. The molecule has 9 heteroatoms. The van der Waals surface area contributed by atoms with E-state index in [2.05, 4.69) is 14.9 Å². The first-order valence-electron chi connectivity index (χ1n) is 6.03. The maximum absolute atomic E-state index is 12.4. The molecule has 0 amide bonds. The zero-order chi connectivity index (χ0) is 15.5. The molecule has 0 saturated heterocycles. The van der Waals surface area contributed by atoms with Crippen molar-refractivity contribution >= 4 is 21.5 Å². The van der Waals surface area contributed by atoms with Crippen molar-refractivity contribution in [2.45, 2.75) is 11.8 Å². The van der Waals surface area contributed by atoms with Gasteiger partial charge in [-0.15, -0.1) is 0 Å². The summed E-state index contributed by atoms with van der Waals surface area (Å²) in [4.78, 5) is 10.8. The molecule has 0 fully saturated rings. The molecule has 2 aromatic rings. The van der Waals surface area contributed by atoms with Gasteiger partial charge in [0, 0.05) is 11.8 Å². The van der Waals surface area contributed by atoms with Gasteiger partial charge in [-0.25, -0.2) is 13.5 Å². The van der Waals surface area contributed by atoms with Gasteiger partial charge in [0.25, 0.3) is 15.6 Å². The highest BCUT2D eigenvalue weighted by Gasteiger charge is 2.21. The number of ether oxygens (including phenoxy) is 1. The molecule has 0 aliphatic carbocycles. The number of sulfonamides is 1. The first kappa shape index (κ1) is 14.9. The molecular weight excluding hydrogens is 296 g/mol. The van der Waals surface area contributed by atoms with E-state index in [1.54, 1.807) is 13.0 Å². The number of aromatic amines is 1. The van der Waals surface area contributed by atoms with Crippen LogP contribution in [-0.2, 0) is 10.0 Å². The minimum absolute atomic E-state index is 0.0144. The van der Waals surface area contributed by atoms with Crippen LogP contribution in [0.15, 0.2) is 40.0 Å². The standard InChI is InChI=1S/C12H14N4O4S/c1-2-20-9-4-3-8(13)7-10(9)21(18,19)16-11-5-6-12(17)15-14-11/h3-7H,2,13H2,1H3,(H,14,16)(H,15,17). The summed E-state index contributed by atoms with van der Waals surface area (Å²) in [6.45, 7) is 2.05. The van der Waals surface area contributed by atoms with E-state index in [1.807, 2.05) is 0 Å². The van der Waals surface area contributed by atoms with Gasteiger partial charge < -0.3 is 10.5 Å². The maximum Gasteiger partial charge on any atom is 0.266 e. The van der Waals surface area contributed by atoms with Crippen molar-refractivity contribution in [1.82, 2.24) is 10.2 Å². The fraction of sp³-hybridized carbons (Fsp3) is 0.167. The largest absolute Gasteiger partial charge is 0.492 e. The van der Waals surface area contributed by atoms with Crippen LogP contribution in [0.25, 0.3) is 0 Å². The molecule has 21 heavy (non-hydrogen) atoms. The molecule has 2 rings (SSSR count). The summed E-state index contributed by atoms with van der Waals surface area (Å²) in [6.07, 6.45) is 0. The molecule has 112 valence electrons. The highest BCUT2D eigenvalue weighted by atomic mass is 32.2. The number of aromatic nitrogens is 2. The Morgan fingerprint density at radius 2 is 2.10 bits per heavy atom. The van der Waals surface area contributed by atoms with Crippen molar-refractivity contribution in [3.8, 4) is 5.75 Å². The van der Waals surface area contributed by atoms with E-state index in [9.17, 15) is 13.2 Å². The van der Waals surface area contributed by atoms with E-state index in [4.69, 9.17) is 10.5 Å². The molecule has 4 N–H and O–H groups in total. The molecule has 0 radical (unpaired) electrons. The van der Waals surface area contributed by atoms with E-state index >= 15 is 0 Å². The Labute approximate surface area is 121 Å². The van der Waals surface area contributed by atoms with Crippen molar-refractivity contribution < 1.29 is 13.2 Å². The topological polar surface area (TPSA) is 127 Å². The van der Waals surface area contributed by atoms with E-state index < -0.39 is 15.6 Å². The Morgan fingerprint density at radius 1 is 1.33 bits per heavy atom. The fourth-order valence-corrected chi connectivity index (χ4v) is 2.79. The lowest BCUT2D eigenvalue weighted by atomic mass is 10.3. The molecule has 0 spiro atoms. The Hall–Kier alpha value is -2.55. The van der Waals surface area contributed by atoms with Crippen LogP contribution in [0.2, 0.25) is 0 Å². The summed E-state index contributed by atoms with van der Waals surface area (Å²) >= 11 is 0. The summed E-state index contributed by atoms with van der Waals surface area (Å²) in [5.41, 5.74) is 5.47. The Bertz CT molecular complexity index is 781. The number of rotatable bonds is 5. The Morgan fingerprint density at radius 3 is 2.71 bits per heavy atom. The number of nitrogen functional groups attached to an aromatic ring is 1. The van der Waals surface area contributed by atoms with Gasteiger partial charge in [-0.2, -0.15) is 5.10 Å². The van der Waals surface area contributed by atoms with E-state index in [0.717, 1.165) is 6.07 Å². The number of benzene rings is 1. The third-order valence-corrected chi connectivity index (χ3v) is 3.85. The highest BCUT2D eigenvalue weighted by Crippen LogP contribution is 2.27. The summed E-state index contributed by atoms with van der Waals surface area (Å²) in [7, 11) is -3.94. The minimum atomic E-state index is -3.94. The summed E-state index contributed by atoms with van der Waals surface area (Å²) < 4.78 is 32.2. The van der Waals surface area contributed by atoms with Crippen molar-refractivity contribution in [1.29, 1.82) is 0 Å². The number of nitrogens with two attached hydrogens (primary N) is 1. The second-order valence-electron chi connectivity index (χ2n) is 4.05. The predicted molar refractivity (Wildman–Crippen MR) is 77.7 cm³/mol. The van der Waals surface area contributed by atoms with Crippen LogP contribution < -0.4 is 20.8 Å². The summed E-state index contributed by atoms with van der Waals surface area (Å²) in [5.74, 6) is 0.170. The summed E-state index contributed by atoms with van der Waals surface area (Å²) in [5, 5.41) is 5.72. The van der Waals surface area contributed by atoms with Crippen LogP contribution in [0.5, 0.6) is 5.75 Å². The SMILES string of the molecule is CCOc1ccc(N)cc1S(=O)(=O)Nc1ccc(=O)[nH]n1. The molecule has 0 aliphatic heterocycles. The second kappa shape index (κ2) is 5.83. The van der Waals surface area contributed by atoms with Crippen molar-refractivity contribution in [3.63, 3.8) is 0 Å². The van der Waals surface area contributed by atoms with Crippen LogP contribution >= 0.6 is 0 Å². The van der Waals surface area contributed by atoms with Crippen LogP contribution in [-0.4, -0.2) is 25.2 Å². The van der Waals surface area contributed by atoms with Crippen LogP contribution in [0.4, 0.5) is 11.5 Å². The third kappa shape index (κ3) is 3.51. The molecule has 0 saturated carbocycles. The molecule has 1 heterocycles. The van der Waals surface area contributed by atoms with Gasteiger partial charge in [0.2, 0.25) is 0 Å². The van der Waals surface area contributed by atoms with E-state index in [-0.39, 0.29) is 22.2 Å². The van der Waals surface area contributed by atoms with Gasteiger partial charge in [-0.3, -0.25) is 9.52 Å². The summed E-state index contributed by atoms with van der Waals surface area (Å²) in [6, 6.07) is 6.73. The monoisotopic (exact) mass is 310 g/mol. The van der Waals surface area contributed by atoms with Crippen LogP contribution in [0, 0.1) is 0 Å². The normalized spacial score (nSPS) is 11.1. The van der Waals surface area contributed by atoms with Crippen molar-refractivity contribution in [2.75, 3.05) is 17.1 Å². The van der Waals surface area contributed by atoms with Crippen LogP contribution in [0.3, 0.4) is 0 Å². The maximum atomic E-state index is 12.4. The second-order valence-corrected chi connectivity index (χ2v) is 5.70. The molecular formula is C12H14N4O4S. The van der Waals surface area contributed by atoms with Gasteiger partial charge in [-0.05, 0) is 31.2 Å². The van der Waals surface area contributed by atoms with Gasteiger partial charge >= 0.3 is 0 Å². The van der Waals surface area contributed by atoms with Crippen LogP contribution in [0.1, 0.15) is 6.92 Å². The zero-order valence-corrected chi connectivity index (χ0v) is 12.0. The molecule has 0 aliphatic rings. The number of nitrogens with zero attached hydrogens (tertiary/aromatic N) is 1. The Kier molecular flexibility index (Phi) is 4.13. The Balaban J connectivity index is 2.41. The smallest absolute Gasteiger partial charge is 0.266 e. The van der Waals surface area contributed by atoms with Crippen molar-refractivity contribution in [2.24, 2.45) is 0 Å². The van der Waals surface area contributed by atoms with E-state index in [0.29, 0.717) is 6.61 Å². The third-order valence-electron chi connectivity index (χ3n) is 2.48. The molecule has 0 atom stereocenters. The molecule has 0 bridgehead atoms. The number of hydrogen-bond acceptors (Lipinski definition) is 6. The molecule has 8 nitrogen and oxygen atoms in total. The molecule has 1 aromatic heterocycles. The minimum Gasteiger partial charge on any atom is -0.492 e. The predicted octanol–water partition coefficient (Wildman–Crippen LogP) is 0.552. The first-order chi connectivity index (χ1) is 9.92. The average molecular weight is 310 g/mol. The lowest BCUT2D eigenvalue weighted by Gasteiger charge is -2.12. The zero-order valence-electron chi connectivity index (χ0n) is 11.2. The number of nitrogens with one attached hydrogen (secondary N) is 2. The lowest BCUT2D eigenvalue weighted by Crippen LogP contribution is -2.17. The van der Waals surface area contributed by atoms with Gasteiger partial charge in [-0.1, -0.05) is 0 Å². The lowest BCUT2D eigenvalue weighted by molar-refractivity contribution is 0.331. The number of hydrogen-bond donors (Lipinski definition) is 3. The number of H-pyrrole nitrogens is 1. The first-order valence-corrected chi connectivity index (χ1v) is 7.51. The van der Waals surface area contributed by atoms with Gasteiger partial charge in [0.1, 0.15) is 10.6 Å². The van der Waals surface area contributed by atoms with Gasteiger partial charge in [0.15, 0.2) is 5.82 Å². The molecule has 0 unspecified atom stereocenters. The van der Waals surface area contributed by atoms with Gasteiger partial charge in [0.05, 0.1) is 6.61 Å². The molecule has 1 aromatic carbocycles. The van der Waals surface area contributed by atoms with E-state index in [1.165, 1.54) is 18.2 Å².